The molecule has 0 heteroatoms. The summed E-state index contributed by atoms with van der Waals surface area (Å²) in [7, 11) is 0. The molecular weight excluding hydrogens is 120 g/mol. The quantitative estimate of drug-likeness (QED) is 0.523. The van der Waals surface area contributed by atoms with Gasteiger partial charge >= 0.3 is 0 Å². The molecule has 0 fully saturated rings. The third-order valence-corrected chi connectivity index (χ3v) is 1.17. The van der Waals surface area contributed by atoms with Crippen LogP contribution in [0.15, 0.2) is 23.8 Å². The minimum absolute atomic E-state index is 0.779. The Balaban J connectivity index is 3.48. The lowest BCUT2D eigenvalue weighted by Crippen LogP contribution is -1.80. The Morgan fingerprint density at radius 3 is 2.30 bits per heavy atom. The van der Waals surface area contributed by atoms with Gasteiger partial charge in [-0.25, -0.2) is 0 Å². The van der Waals surface area contributed by atoms with E-state index < -0.39 is 0 Å². The first-order valence-corrected chi connectivity index (χ1v) is 3.93. The molecule has 58 valence electrons. The van der Waals surface area contributed by atoms with E-state index in [9.17, 15) is 0 Å². The second kappa shape index (κ2) is 5.28. The van der Waals surface area contributed by atoms with Crippen LogP contribution < -0.4 is 0 Å². The van der Waals surface area contributed by atoms with Gasteiger partial charge in [0.05, 0.1) is 0 Å². The normalized spacial score (nSPS) is 10.9. The molecule has 0 radical (unpaired) electrons. The first-order valence-electron chi connectivity index (χ1n) is 3.93. The van der Waals surface area contributed by atoms with Crippen LogP contribution in [0.1, 0.15) is 34.1 Å². The van der Waals surface area contributed by atoms with Gasteiger partial charge in [-0.3, -0.25) is 0 Å². The Hall–Kier alpha value is -0.520. The zero-order valence-electron chi connectivity index (χ0n) is 7.52. The highest BCUT2D eigenvalue weighted by atomic mass is 13.9. The van der Waals surface area contributed by atoms with Gasteiger partial charge in [-0.15, -0.1) is 0 Å². The summed E-state index contributed by atoms with van der Waals surface area (Å²) in [6.07, 6.45) is 7.68. The maximum Gasteiger partial charge on any atom is -0.0324 e. The lowest BCUT2D eigenvalue weighted by molar-refractivity contribution is 0.664. The van der Waals surface area contributed by atoms with Crippen molar-refractivity contribution in [1.29, 1.82) is 0 Å². The Kier molecular flexibility index (Phi) is 5.00. The Morgan fingerprint density at radius 2 is 1.90 bits per heavy atom. The van der Waals surface area contributed by atoms with E-state index in [1.54, 1.807) is 0 Å². The average molecular weight is 138 g/mol. The summed E-state index contributed by atoms with van der Waals surface area (Å²) in [5.41, 5.74) is 1.36. The molecule has 0 aromatic carbocycles. The molecule has 0 aromatic heterocycles. The molecule has 10 heavy (non-hydrogen) atoms. The van der Waals surface area contributed by atoms with E-state index in [0.29, 0.717) is 0 Å². The van der Waals surface area contributed by atoms with E-state index in [4.69, 9.17) is 0 Å². The van der Waals surface area contributed by atoms with Crippen LogP contribution in [0.5, 0.6) is 0 Å². The SMILES string of the molecule is CC(C)=CC=CCC(C)C. The maximum absolute atomic E-state index is 2.23. The topological polar surface area (TPSA) is 0 Å². The largest absolute Gasteiger partial charge is 0.0843 e. The highest BCUT2D eigenvalue weighted by molar-refractivity contribution is 5.08. The third-order valence-electron chi connectivity index (χ3n) is 1.17. The first kappa shape index (κ1) is 9.48. The van der Waals surface area contributed by atoms with Gasteiger partial charge in [0.25, 0.3) is 0 Å². The lowest BCUT2D eigenvalue weighted by atomic mass is 10.1. The molecule has 0 aliphatic heterocycles. The molecule has 0 heterocycles. The monoisotopic (exact) mass is 138 g/mol. The van der Waals surface area contributed by atoms with Crippen molar-refractivity contribution in [1.82, 2.24) is 0 Å². The fraction of sp³-hybridized carbons (Fsp3) is 0.600. The third kappa shape index (κ3) is 7.48. The molecule has 0 aliphatic carbocycles. The van der Waals surface area contributed by atoms with Crippen molar-refractivity contribution in [3.05, 3.63) is 23.8 Å². The first-order chi connectivity index (χ1) is 4.63. The van der Waals surface area contributed by atoms with Crippen molar-refractivity contribution in [2.24, 2.45) is 5.92 Å². The summed E-state index contributed by atoms with van der Waals surface area (Å²) in [5.74, 6) is 0.779. The predicted octanol–water partition coefficient (Wildman–Crippen LogP) is 3.55. The Bertz CT molecular complexity index is 123. The van der Waals surface area contributed by atoms with Crippen molar-refractivity contribution in [3.63, 3.8) is 0 Å². The standard InChI is InChI=1S/C10H18/c1-9(2)7-5-6-8-10(3)4/h5-7,10H,8H2,1-4H3. The summed E-state index contributed by atoms with van der Waals surface area (Å²) in [6, 6.07) is 0. The minimum Gasteiger partial charge on any atom is -0.0843 e. The molecular formula is C10H18. The smallest absolute Gasteiger partial charge is 0.0324 e. The molecule has 0 unspecified atom stereocenters. The lowest BCUT2D eigenvalue weighted by Gasteiger charge is -1.94. The van der Waals surface area contributed by atoms with Gasteiger partial charge < -0.3 is 0 Å². The van der Waals surface area contributed by atoms with Crippen LogP contribution in [0.25, 0.3) is 0 Å². The second-order valence-corrected chi connectivity index (χ2v) is 3.30. The van der Waals surface area contributed by atoms with Crippen LogP contribution >= 0.6 is 0 Å². The Morgan fingerprint density at radius 1 is 1.30 bits per heavy atom. The molecule has 0 aromatic rings. The highest BCUT2D eigenvalue weighted by Crippen LogP contribution is 2.00. The van der Waals surface area contributed by atoms with E-state index in [0.717, 1.165) is 5.92 Å². The zero-order valence-corrected chi connectivity index (χ0v) is 7.52. The van der Waals surface area contributed by atoms with Crippen molar-refractivity contribution in [2.45, 2.75) is 34.1 Å². The molecule has 0 atom stereocenters. The number of rotatable bonds is 3. The molecule has 0 amide bonds. The average Bonchev–Trinajstić information content (AvgIpc) is 1.79. The molecule has 0 rings (SSSR count). The maximum atomic E-state index is 2.23. The summed E-state index contributed by atoms with van der Waals surface area (Å²) < 4.78 is 0. The van der Waals surface area contributed by atoms with Gasteiger partial charge in [0.1, 0.15) is 0 Å². The van der Waals surface area contributed by atoms with Gasteiger partial charge in [-0.1, -0.05) is 37.6 Å². The van der Waals surface area contributed by atoms with Crippen LogP contribution in [0.4, 0.5) is 0 Å². The van der Waals surface area contributed by atoms with E-state index in [2.05, 4.69) is 45.9 Å². The van der Waals surface area contributed by atoms with E-state index in [-0.39, 0.29) is 0 Å². The molecule has 0 saturated heterocycles. The fourth-order valence-corrected chi connectivity index (χ4v) is 0.611. The van der Waals surface area contributed by atoms with Gasteiger partial charge in [0.15, 0.2) is 0 Å². The van der Waals surface area contributed by atoms with Crippen molar-refractivity contribution >= 4 is 0 Å². The van der Waals surface area contributed by atoms with Crippen LogP contribution in [0.3, 0.4) is 0 Å². The molecule has 0 spiro atoms. The van der Waals surface area contributed by atoms with Gasteiger partial charge in [0.2, 0.25) is 0 Å². The van der Waals surface area contributed by atoms with E-state index >= 15 is 0 Å². The van der Waals surface area contributed by atoms with Gasteiger partial charge in [-0.05, 0) is 26.2 Å². The van der Waals surface area contributed by atoms with Crippen molar-refractivity contribution in [3.8, 4) is 0 Å². The van der Waals surface area contributed by atoms with Crippen LogP contribution in [-0.2, 0) is 0 Å². The summed E-state index contributed by atoms with van der Waals surface area (Å²) in [4.78, 5) is 0. The van der Waals surface area contributed by atoms with E-state index in [1.165, 1.54) is 12.0 Å². The molecule has 0 aliphatic rings. The number of hydrogen-bond acceptors (Lipinski definition) is 0. The van der Waals surface area contributed by atoms with Crippen LogP contribution in [-0.4, -0.2) is 0 Å². The van der Waals surface area contributed by atoms with Gasteiger partial charge in [0, 0.05) is 0 Å². The van der Waals surface area contributed by atoms with Crippen molar-refractivity contribution in [2.75, 3.05) is 0 Å². The second-order valence-electron chi connectivity index (χ2n) is 3.30. The van der Waals surface area contributed by atoms with Crippen molar-refractivity contribution < 1.29 is 0 Å². The minimum atomic E-state index is 0.779. The number of allylic oxidation sites excluding steroid dienone is 4. The highest BCUT2D eigenvalue weighted by Gasteiger charge is 1.84. The molecule has 0 saturated carbocycles. The predicted molar refractivity (Wildman–Crippen MR) is 48.0 cm³/mol. The fourth-order valence-electron chi connectivity index (χ4n) is 0.611. The summed E-state index contributed by atoms with van der Waals surface area (Å²) >= 11 is 0. The van der Waals surface area contributed by atoms with Gasteiger partial charge in [-0.2, -0.15) is 0 Å². The van der Waals surface area contributed by atoms with E-state index in [1.807, 2.05) is 0 Å². The Labute approximate surface area is 64.6 Å². The molecule has 0 nitrogen and oxygen atoms in total. The van der Waals surface area contributed by atoms with Crippen LogP contribution in [0, 0.1) is 5.92 Å². The zero-order chi connectivity index (χ0) is 7.98. The number of hydrogen-bond donors (Lipinski definition) is 0. The molecule has 0 bridgehead atoms. The molecule has 0 N–H and O–H groups in total. The summed E-state index contributed by atoms with van der Waals surface area (Å²) in [6.45, 7) is 8.68. The van der Waals surface area contributed by atoms with Crippen LogP contribution in [0.2, 0.25) is 0 Å². The summed E-state index contributed by atoms with van der Waals surface area (Å²) in [5, 5.41) is 0.